The molecule has 0 aliphatic rings. The first-order valence-corrected chi connectivity index (χ1v) is 5.03. The lowest BCUT2D eigenvalue weighted by molar-refractivity contribution is 1.19. The van der Waals surface area contributed by atoms with Crippen LogP contribution < -0.4 is 5.32 Å². The van der Waals surface area contributed by atoms with Gasteiger partial charge in [-0.25, -0.2) is 0 Å². The molecule has 0 saturated heterocycles. The molecule has 15 heavy (non-hydrogen) atoms. The summed E-state index contributed by atoms with van der Waals surface area (Å²) in [5, 5.41) is 10.2. The van der Waals surface area contributed by atoms with E-state index < -0.39 is 0 Å². The molecule has 0 aromatic carbocycles. The lowest BCUT2D eigenvalue weighted by Gasteiger charge is -2.08. The van der Waals surface area contributed by atoms with Gasteiger partial charge in [0.2, 0.25) is 0 Å². The van der Waals surface area contributed by atoms with Crippen LogP contribution in [0.25, 0.3) is 0 Å². The predicted octanol–water partition coefficient (Wildman–Crippen LogP) is 3.36. The Labute approximate surface area is 91.8 Å². The number of anilines is 1. The molecule has 0 fully saturated rings. The minimum atomic E-state index is 0.827. The van der Waals surface area contributed by atoms with Crippen LogP contribution in [0.2, 0.25) is 0 Å². The van der Waals surface area contributed by atoms with Crippen LogP contribution in [-0.4, -0.2) is 11.2 Å². The molecular formula is C12H19N3. The number of hydrogen-bond donors (Lipinski definition) is 2. The van der Waals surface area contributed by atoms with Gasteiger partial charge in [0.15, 0.2) is 0 Å². The Kier molecular flexibility index (Phi) is 6.02. The van der Waals surface area contributed by atoms with Crippen molar-refractivity contribution in [2.45, 2.75) is 27.7 Å². The van der Waals surface area contributed by atoms with E-state index in [2.05, 4.69) is 16.9 Å². The van der Waals surface area contributed by atoms with E-state index in [-0.39, 0.29) is 0 Å². The molecule has 1 heterocycles. The maximum atomic E-state index is 7.20. The quantitative estimate of drug-likeness (QED) is 0.743. The minimum Gasteiger partial charge on any atom is -0.358 e. The van der Waals surface area contributed by atoms with Crippen LogP contribution in [0.5, 0.6) is 0 Å². The van der Waals surface area contributed by atoms with Gasteiger partial charge in [0.1, 0.15) is 0 Å². The van der Waals surface area contributed by atoms with Crippen LogP contribution in [0.4, 0.5) is 5.69 Å². The molecule has 0 radical (unpaired) electrons. The highest BCUT2D eigenvalue weighted by atomic mass is 14.9. The third-order valence-electron chi connectivity index (χ3n) is 1.58. The van der Waals surface area contributed by atoms with Crippen LogP contribution in [0.15, 0.2) is 24.5 Å². The summed E-state index contributed by atoms with van der Waals surface area (Å²) < 4.78 is 0. The molecule has 3 nitrogen and oxygen atoms in total. The van der Waals surface area contributed by atoms with Gasteiger partial charge in [0.05, 0.1) is 11.9 Å². The van der Waals surface area contributed by atoms with Gasteiger partial charge in [-0.05, 0) is 19.9 Å². The summed E-state index contributed by atoms with van der Waals surface area (Å²) in [6, 6.07) is 1.86. The van der Waals surface area contributed by atoms with E-state index in [1.807, 2.05) is 33.8 Å². The number of nitrogens with one attached hydrogen (secondary N) is 2. The molecule has 0 aliphatic carbocycles. The summed E-state index contributed by atoms with van der Waals surface area (Å²) >= 11 is 0. The Bertz CT molecular complexity index is 343. The molecule has 0 unspecified atom stereocenters. The van der Waals surface area contributed by atoms with E-state index in [1.54, 1.807) is 6.20 Å². The fourth-order valence-electron chi connectivity index (χ4n) is 1.03. The van der Waals surface area contributed by atoms with Gasteiger partial charge in [0, 0.05) is 23.2 Å². The fraction of sp³-hybridized carbons (Fsp3) is 0.333. The van der Waals surface area contributed by atoms with Gasteiger partial charge < -0.3 is 10.7 Å². The summed E-state index contributed by atoms with van der Waals surface area (Å²) in [7, 11) is 0. The highest BCUT2D eigenvalue weighted by molar-refractivity contribution is 5.85. The first kappa shape index (κ1) is 13.4. The van der Waals surface area contributed by atoms with Crippen molar-refractivity contribution in [2.75, 3.05) is 5.32 Å². The van der Waals surface area contributed by atoms with Gasteiger partial charge in [-0.15, -0.1) is 0 Å². The number of hydrogen-bond acceptors (Lipinski definition) is 3. The van der Waals surface area contributed by atoms with Crippen molar-refractivity contribution >= 4 is 11.9 Å². The second-order valence-corrected chi connectivity index (χ2v) is 2.96. The monoisotopic (exact) mass is 205 g/mol. The Hall–Kier alpha value is -1.64. The van der Waals surface area contributed by atoms with Gasteiger partial charge in [0.25, 0.3) is 0 Å². The standard InChI is InChI=1S/C10H13N3.C2H6/c1-7(2)13-10-6-12-8(3)4-9(10)5-11;1-2/h4-6,11,13H,1H2,2-3H3;1-2H3. The topological polar surface area (TPSA) is 48.8 Å². The van der Waals surface area contributed by atoms with E-state index in [0.29, 0.717) is 0 Å². The summed E-state index contributed by atoms with van der Waals surface area (Å²) in [5.74, 6) is 0. The van der Waals surface area contributed by atoms with Crippen molar-refractivity contribution < 1.29 is 0 Å². The Balaban J connectivity index is 0.000000921. The van der Waals surface area contributed by atoms with E-state index in [0.717, 1.165) is 22.6 Å². The average Bonchev–Trinajstić information content (AvgIpc) is 2.23. The number of aromatic nitrogens is 1. The molecule has 1 rings (SSSR count). The smallest absolute Gasteiger partial charge is 0.0657 e. The average molecular weight is 205 g/mol. The number of rotatable bonds is 3. The van der Waals surface area contributed by atoms with Crippen LogP contribution in [0.3, 0.4) is 0 Å². The molecule has 0 aliphatic heterocycles. The number of nitrogens with zero attached hydrogens (tertiary/aromatic N) is 1. The van der Waals surface area contributed by atoms with Crippen LogP contribution >= 0.6 is 0 Å². The molecule has 0 atom stereocenters. The van der Waals surface area contributed by atoms with Gasteiger partial charge in [-0.3, -0.25) is 4.98 Å². The fourth-order valence-corrected chi connectivity index (χ4v) is 1.03. The third-order valence-corrected chi connectivity index (χ3v) is 1.58. The highest BCUT2D eigenvalue weighted by Gasteiger charge is 2.00. The molecule has 0 bridgehead atoms. The second-order valence-electron chi connectivity index (χ2n) is 2.96. The zero-order valence-electron chi connectivity index (χ0n) is 9.89. The van der Waals surface area contributed by atoms with Gasteiger partial charge in [-0.2, -0.15) is 0 Å². The Morgan fingerprint density at radius 2 is 2.13 bits per heavy atom. The van der Waals surface area contributed by atoms with Gasteiger partial charge in [-0.1, -0.05) is 20.4 Å². The van der Waals surface area contributed by atoms with E-state index in [9.17, 15) is 0 Å². The third kappa shape index (κ3) is 4.40. The van der Waals surface area contributed by atoms with Crippen LogP contribution in [0.1, 0.15) is 32.0 Å². The molecule has 0 saturated carbocycles. The van der Waals surface area contributed by atoms with Crippen molar-refractivity contribution in [1.29, 1.82) is 5.41 Å². The molecule has 0 spiro atoms. The maximum Gasteiger partial charge on any atom is 0.0657 e. The van der Waals surface area contributed by atoms with Crippen molar-refractivity contribution in [3.05, 3.63) is 35.8 Å². The van der Waals surface area contributed by atoms with Crippen LogP contribution in [0, 0.1) is 12.3 Å². The zero-order valence-corrected chi connectivity index (χ0v) is 9.89. The Morgan fingerprint density at radius 3 is 2.60 bits per heavy atom. The molecule has 82 valence electrons. The predicted molar refractivity (Wildman–Crippen MR) is 66.6 cm³/mol. The van der Waals surface area contributed by atoms with E-state index in [1.165, 1.54) is 6.21 Å². The first-order valence-electron chi connectivity index (χ1n) is 5.03. The molecule has 1 aromatic heterocycles. The molecule has 0 amide bonds. The Morgan fingerprint density at radius 1 is 1.53 bits per heavy atom. The van der Waals surface area contributed by atoms with Crippen molar-refractivity contribution in [2.24, 2.45) is 0 Å². The number of allylic oxidation sites excluding steroid dienone is 1. The van der Waals surface area contributed by atoms with Crippen molar-refractivity contribution in [3.63, 3.8) is 0 Å². The highest BCUT2D eigenvalue weighted by Crippen LogP contribution is 2.14. The van der Waals surface area contributed by atoms with Crippen LogP contribution in [-0.2, 0) is 0 Å². The summed E-state index contributed by atoms with van der Waals surface area (Å²) in [6.45, 7) is 11.5. The minimum absolute atomic E-state index is 0.827. The summed E-state index contributed by atoms with van der Waals surface area (Å²) in [6.07, 6.45) is 3.02. The normalized spacial score (nSPS) is 8.53. The molecule has 2 N–H and O–H groups in total. The van der Waals surface area contributed by atoms with Crippen molar-refractivity contribution in [3.8, 4) is 0 Å². The summed E-state index contributed by atoms with van der Waals surface area (Å²) in [4.78, 5) is 4.13. The SMILES string of the molecule is C=C(C)Nc1cnc(C)cc1C=N.CC. The zero-order chi connectivity index (χ0) is 11.8. The maximum absolute atomic E-state index is 7.20. The largest absolute Gasteiger partial charge is 0.358 e. The second kappa shape index (κ2) is 6.76. The molecule has 1 aromatic rings. The van der Waals surface area contributed by atoms with Crippen molar-refractivity contribution in [1.82, 2.24) is 4.98 Å². The molecule has 3 heteroatoms. The lowest BCUT2D eigenvalue weighted by Crippen LogP contribution is -1.99. The number of pyridine rings is 1. The molecular weight excluding hydrogens is 186 g/mol. The van der Waals surface area contributed by atoms with E-state index in [4.69, 9.17) is 5.41 Å². The lowest BCUT2D eigenvalue weighted by atomic mass is 10.2. The number of aryl methyl sites for hydroxylation is 1. The summed E-state index contributed by atoms with van der Waals surface area (Å²) in [5.41, 5.74) is 3.41. The van der Waals surface area contributed by atoms with Gasteiger partial charge >= 0.3 is 0 Å². The first-order chi connectivity index (χ1) is 7.13. The van der Waals surface area contributed by atoms with E-state index >= 15 is 0 Å².